The number of fused-ring (bicyclic) bond motifs is 1. The Kier molecular flexibility index (Phi) is 6.18. The lowest BCUT2D eigenvalue weighted by Gasteiger charge is -2.05. The van der Waals surface area contributed by atoms with E-state index >= 15 is 0 Å². The molecule has 0 unspecified atom stereocenters. The van der Waals surface area contributed by atoms with Crippen molar-refractivity contribution >= 4 is 39.3 Å². The summed E-state index contributed by atoms with van der Waals surface area (Å²) in [6, 6.07) is 18.5. The third kappa shape index (κ3) is 5.23. The van der Waals surface area contributed by atoms with Gasteiger partial charge in [0.1, 0.15) is 5.58 Å². The van der Waals surface area contributed by atoms with E-state index < -0.39 is 5.63 Å². The zero-order valence-electron chi connectivity index (χ0n) is 16.5. The second-order valence-electron chi connectivity index (χ2n) is 6.83. The number of hydrogen-bond donors (Lipinski definition) is 2. The maximum absolute atomic E-state index is 12.3. The van der Waals surface area contributed by atoms with Gasteiger partial charge in [0, 0.05) is 30.2 Å². The molecule has 8 heteroatoms. The van der Waals surface area contributed by atoms with Crippen molar-refractivity contribution in [2.75, 3.05) is 5.32 Å². The second kappa shape index (κ2) is 9.36. The van der Waals surface area contributed by atoms with Gasteiger partial charge >= 0.3 is 5.63 Å². The van der Waals surface area contributed by atoms with Crippen LogP contribution in [-0.2, 0) is 16.1 Å². The van der Waals surface area contributed by atoms with Crippen LogP contribution in [0.1, 0.15) is 18.4 Å². The number of nitrogens with one attached hydrogen (secondary N) is 2. The van der Waals surface area contributed by atoms with E-state index in [-0.39, 0.29) is 24.7 Å². The number of anilines is 1. The molecule has 2 amide bonds. The maximum Gasteiger partial charge on any atom is 0.345 e. The molecule has 0 fully saturated rings. The van der Waals surface area contributed by atoms with E-state index in [1.54, 1.807) is 23.6 Å². The number of nitrogens with zero attached hydrogens (tertiary/aromatic N) is 1. The number of para-hydroxylation sites is 1. The predicted molar refractivity (Wildman–Crippen MR) is 120 cm³/mol. The summed E-state index contributed by atoms with van der Waals surface area (Å²) in [5.41, 5.74) is 1.77. The van der Waals surface area contributed by atoms with E-state index in [1.807, 2.05) is 42.5 Å². The SMILES string of the molecule is O=C(CCC(=O)Nc1nc(-c2cc3ccccc3oc2=O)cs1)NCc1ccccc1. The van der Waals surface area contributed by atoms with Crippen LogP contribution in [0.4, 0.5) is 5.13 Å². The van der Waals surface area contributed by atoms with Gasteiger partial charge in [-0.1, -0.05) is 48.5 Å². The van der Waals surface area contributed by atoms with Crippen molar-refractivity contribution in [2.24, 2.45) is 0 Å². The van der Waals surface area contributed by atoms with E-state index in [4.69, 9.17) is 4.42 Å². The summed E-state index contributed by atoms with van der Waals surface area (Å²) in [5.74, 6) is -0.520. The Morgan fingerprint density at radius 3 is 2.55 bits per heavy atom. The molecule has 7 nitrogen and oxygen atoms in total. The molecule has 2 heterocycles. The largest absolute Gasteiger partial charge is 0.422 e. The van der Waals surface area contributed by atoms with Crippen LogP contribution in [0.15, 0.2) is 75.3 Å². The van der Waals surface area contributed by atoms with E-state index in [1.165, 1.54) is 11.3 Å². The average molecular weight is 433 g/mol. The molecule has 0 radical (unpaired) electrons. The lowest BCUT2D eigenvalue weighted by atomic mass is 10.1. The number of amides is 2. The molecule has 0 atom stereocenters. The van der Waals surface area contributed by atoms with Crippen LogP contribution in [0.5, 0.6) is 0 Å². The van der Waals surface area contributed by atoms with Crippen molar-refractivity contribution in [1.82, 2.24) is 10.3 Å². The summed E-state index contributed by atoms with van der Waals surface area (Å²) in [7, 11) is 0. The Morgan fingerprint density at radius 2 is 1.71 bits per heavy atom. The van der Waals surface area contributed by atoms with Crippen molar-refractivity contribution in [3.05, 3.63) is 82.0 Å². The van der Waals surface area contributed by atoms with Gasteiger partial charge in [0.2, 0.25) is 11.8 Å². The van der Waals surface area contributed by atoms with Gasteiger partial charge in [0.05, 0.1) is 11.3 Å². The summed E-state index contributed by atoms with van der Waals surface area (Å²) in [6.45, 7) is 0.422. The highest BCUT2D eigenvalue weighted by atomic mass is 32.1. The molecule has 2 aromatic carbocycles. The highest BCUT2D eigenvalue weighted by molar-refractivity contribution is 7.14. The standard InChI is InChI=1S/C23H19N3O4S/c27-20(24-13-15-6-2-1-3-7-15)10-11-21(28)26-23-25-18(14-31-23)17-12-16-8-4-5-9-19(16)30-22(17)29/h1-9,12,14H,10-11,13H2,(H,24,27)(H,25,26,28). The summed E-state index contributed by atoms with van der Waals surface area (Å²) in [6.07, 6.45) is 0.110. The lowest BCUT2D eigenvalue weighted by molar-refractivity contribution is -0.124. The molecule has 0 saturated carbocycles. The van der Waals surface area contributed by atoms with Crippen LogP contribution in [0.3, 0.4) is 0 Å². The van der Waals surface area contributed by atoms with Gasteiger partial charge in [-0.3, -0.25) is 9.59 Å². The number of benzene rings is 2. The third-order valence-corrected chi connectivity index (χ3v) is 5.34. The smallest absolute Gasteiger partial charge is 0.345 e. The molecule has 0 saturated heterocycles. The van der Waals surface area contributed by atoms with Crippen LogP contribution in [0.25, 0.3) is 22.2 Å². The van der Waals surface area contributed by atoms with Crippen LogP contribution in [0, 0.1) is 0 Å². The molecule has 0 spiro atoms. The zero-order chi connectivity index (χ0) is 21.6. The molecule has 0 bridgehead atoms. The topological polar surface area (TPSA) is 101 Å². The summed E-state index contributed by atoms with van der Waals surface area (Å²) in [5, 5.41) is 8.29. The van der Waals surface area contributed by atoms with Crippen molar-refractivity contribution in [3.63, 3.8) is 0 Å². The first-order valence-electron chi connectivity index (χ1n) is 9.68. The minimum absolute atomic E-state index is 0.0354. The highest BCUT2D eigenvalue weighted by Crippen LogP contribution is 2.25. The molecular formula is C23H19N3O4S. The monoisotopic (exact) mass is 433 g/mol. The summed E-state index contributed by atoms with van der Waals surface area (Å²) >= 11 is 1.20. The van der Waals surface area contributed by atoms with Crippen LogP contribution in [-0.4, -0.2) is 16.8 Å². The lowest BCUT2D eigenvalue weighted by Crippen LogP contribution is -2.24. The Morgan fingerprint density at radius 1 is 0.968 bits per heavy atom. The normalized spacial score (nSPS) is 10.7. The molecule has 4 aromatic rings. The Balaban J connectivity index is 1.32. The van der Waals surface area contributed by atoms with Gasteiger partial charge < -0.3 is 15.1 Å². The molecule has 4 rings (SSSR count). The van der Waals surface area contributed by atoms with Gasteiger partial charge in [-0.15, -0.1) is 11.3 Å². The molecule has 31 heavy (non-hydrogen) atoms. The first-order chi connectivity index (χ1) is 15.1. The molecular weight excluding hydrogens is 414 g/mol. The Bertz CT molecular complexity index is 1280. The fourth-order valence-corrected chi connectivity index (χ4v) is 3.72. The summed E-state index contributed by atoms with van der Waals surface area (Å²) < 4.78 is 5.33. The van der Waals surface area contributed by atoms with Crippen molar-refractivity contribution < 1.29 is 14.0 Å². The zero-order valence-corrected chi connectivity index (χ0v) is 17.3. The van der Waals surface area contributed by atoms with Gasteiger partial charge in [0.15, 0.2) is 5.13 Å². The molecule has 2 aromatic heterocycles. The van der Waals surface area contributed by atoms with Crippen LogP contribution in [0.2, 0.25) is 0 Å². The molecule has 156 valence electrons. The first-order valence-corrected chi connectivity index (χ1v) is 10.6. The number of thiazole rings is 1. The van der Waals surface area contributed by atoms with Gasteiger partial charge in [0.25, 0.3) is 0 Å². The number of carbonyl (C=O) groups excluding carboxylic acids is 2. The van der Waals surface area contributed by atoms with E-state index in [2.05, 4.69) is 15.6 Å². The molecule has 0 aliphatic carbocycles. The van der Waals surface area contributed by atoms with E-state index in [0.717, 1.165) is 10.9 Å². The molecule has 0 aliphatic rings. The summed E-state index contributed by atoms with van der Waals surface area (Å²) in [4.78, 5) is 40.7. The van der Waals surface area contributed by atoms with Crippen molar-refractivity contribution in [1.29, 1.82) is 0 Å². The van der Waals surface area contributed by atoms with Gasteiger partial charge in [-0.2, -0.15) is 0 Å². The van der Waals surface area contributed by atoms with Gasteiger partial charge in [-0.05, 0) is 17.7 Å². The fourth-order valence-electron chi connectivity index (χ4n) is 2.99. The third-order valence-electron chi connectivity index (χ3n) is 4.58. The Hall–Kier alpha value is -3.78. The van der Waals surface area contributed by atoms with Crippen LogP contribution < -0.4 is 16.3 Å². The minimum atomic E-state index is -0.489. The van der Waals surface area contributed by atoms with Crippen molar-refractivity contribution in [2.45, 2.75) is 19.4 Å². The Labute approximate surface area is 181 Å². The number of hydrogen-bond acceptors (Lipinski definition) is 6. The minimum Gasteiger partial charge on any atom is -0.422 e. The van der Waals surface area contributed by atoms with Crippen LogP contribution >= 0.6 is 11.3 Å². The quantitative estimate of drug-likeness (QED) is 0.430. The van der Waals surface area contributed by atoms with E-state index in [9.17, 15) is 14.4 Å². The number of carbonyl (C=O) groups is 2. The van der Waals surface area contributed by atoms with Crippen molar-refractivity contribution in [3.8, 4) is 11.3 Å². The first kappa shape index (κ1) is 20.5. The predicted octanol–water partition coefficient (Wildman–Crippen LogP) is 3.95. The average Bonchev–Trinajstić information content (AvgIpc) is 3.24. The van der Waals surface area contributed by atoms with Gasteiger partial charge in [-0.25, -0.2) is 9.78 Å². The number of aromatic nitrogens is 1. The number of rotatable bonds is 7. The fraction of sp³-hybridized carbons (Fsp3) is 0.130. The van der Waals surface area contributed by atoms with E-state index in [0.29, 0.717) is 28.5 Å². The molecule has 2 N–H and O–H groups in total. The maximum atomic E-state index is 12.3. The second-order valence-corrected chi connectivity index (χ2v) is 7.69. The highest BCUT2D eigenvalue weighted by Gasteiger charge is 2.13. The molecule has 0 aliphatic heterocycles.